The summed E-state index contributed by atoms with van der Waals surface area (Å²) in [7, 11) is -1.92. The van der Waals surface area contributed by atoms with Crippen LogP contribution in [0.3, 0.4) is 0 Å². The van der Waals surface area contributed by atoms with Gasteiger partial charge in [0, 0.05) is 23.6 Å². The highest BCUT2D eigenvalue weighted by atomic mass is 32.2. The van der Waals surface area contributed by atoms with Crippen LogP contribution in [0.4, 0.5) is 4.39 Å². The van der Waals surface area contributed by atoms with Gasteiger partial charge in [0.15, 0.2) is 0 Å². The van der Waals surface area contributed by atoms with Crippen LogP contribution in [0, 0.1) is 5.82 Å². The second-order valence-corrected chi connectivity index (χ2v) is 8.65. The van der Waals surface area contributed by atoms with Gasteiger partial charge < -0.3 is 5.32 Å². The molecular weight excluding hydrogens is 375 g/mol. The molecule has 0 aliphatic rings. The summed E-state index contributed by atoms with van der Waals surface area (Å²) in [4.78, 5) is 12.4. The quantitative estimate of drug-likeness (QED) is 0.639. The van der Waals surface area contributed by atoms with E-state index >= 15 is 0 Å². The van der Waals surface area contributed by atoms with Gasteiger partial charge in [-0.1, -0.05) is 36.4 Å². The fraction of sp³-hybridized carbons (Fsp3) is 0.278. The van der Waals surface area contributed by atoms with Gasteiger partial charge >= 0.3 is 0 Å². The van der Waals surface area contributed by atoms with Crippen LogP contribution in [0.15, 0.2) is 53.4 Å². The van der Waals surface area contributed by atoms with Gasteiger partial charge in [0.1, 0.15) is 5.82 Å². The van der Waals surface area contributed by atoms with Crippen LogP contribution in [-0.4, -0.2) is 27.1 Å². The van der Waals surface area contributed by atoms with E-state index in [1.807, 2.05) is 0 Å². The summed E-state index contributed by atoms with van der Waals surface area (Å²) in [5.74, 6) is 0.0192. The molecule has 8 heteroatoms. The summed E-state index contributed by atoms with van der Waals surface area (Å²) in [6.45, 7) is 0.363. The number of carbonyl (C=O) groups is 1. The molecule has 5 nitrogen and oxygen atoms in total. The molecule has 0 aliphatic carbocycles. The van der Waals surface area contributed by atoms with E-state index in [1.165, 1.54) is 24.9 Å². The maximum atomic E-state index is 13.5. The molecule has 26 heavy (non-hydrogen) atoms. The van der Waals surface area contributed by atoms with Gasteiger partial charge in [0.05, 0.1) is 5.75 Å². The van der Waals surface area contributed by atoms with Crippen molar-refractivity contribution in [2.24, 2.45) is 0 Å². The Balaban J connectivity index is 1.74. The van der Waals surface area contributed by atoms with Crippen molar-refractivity contribution in [1.29, 1.82) is 0 Å². The SMILES string of the molecule is CNS(=O)(=O)Cc1ccc(CNC(=O)CCSc2ccccc2F)cc1. The third-order valence-electron chi connectivity index (χ3n) is 3.60. The molecule has 2 N–H and O–H groups in total. The Kier molecular flexibility index (Phi) is 7.62. The van der Waals surface area contributed by atoms with E-state index in [0.29, 0.717) is 22.8 Å². The smallest absolute Gasteiger partial charge is 0.221 e. The molecule has 0 bridgehead atoms. The lowest BCUT2D eigenvalue weighted by Gasteiger charge is -2.07. The zero-order valence-electron chi connectivity index (χ0n) is 14.4. The van der Waals surface area contributed by atoms with Crippen molar-refractivity contribution in [3.8, 4) is 0 Å². The van der Waals surface area contributed by atoms with Crippen LogP contribution >= 0.6 is 11.8 Å². The third kappa shape index (κ3) is 6.78. The van der Waals surface area contributed by atoms with Crippen LogP contribution in [-0.2, 0) is 27.1 Å². The Hall–Kier alpha value is -1.90. The highest BCUT2D eigenvalue weighted by molar-refractivity contribution is 7.99. The summed E-state index contributed by atoms with van der Waals surface area (Å²) in [5.41, 5.74) is 1.56. The van der Waals surface area contributed by atoms with E-state index in [-0.39, 0.29) is 23.9 Å². The topological polar surface area (TPSA) is 75.3 Å². The zero-order chi connectivity index (χ0) is 19.0. The first-order valence-electron chi connectivity index (χ1n) is 8.02. The van der Waals surface area contributed by atoms with Crippen molar-refractivity contribution in [3.05, 3.63) is 65.5 Å². The standard InChI is InChI=1S/C18H21FN2O3S2/c1-20-26(23,24)13-15-8-6-14(7-9-15)12-21-18(22)10-11-25-17-5-3-2-4-16(17)19/h2-9,20H,10-13H2,1H3,(H,21,22). The van der Waals surface area contributed by atoms with E-state index in [9.17, 15) is 17.6 Å². The van der Waals surface area contributed by atoms with Gasteiger partial charge in [-0.3, -0.25) is 4.79 Å². The average molecular weight is 397 g/mol. The number of nitrogens with one attached hydrogen (secondary N) is 2. The maximum absolute atomic E-state index is 13.5. The minimum atomic E-state index is -3.30. The number of sulfonamides is 1. The number of thioether (sulfide) groups is 1. The molecule has 0 spiro atoms. The van der Waals surface area contributed by atoms with Crippen LogP contribution in [0.2, 0.25) is 0 Å². The zero-order valence-corrected chi connectivity index (χ0v) is 16.0. The van der Waals surface area contributed by atoms with Gasteiger partial charge in [0.2, 0.25) is 15.9 Å². The predicted octanol–water partition coefficient (Wildman–Crippen LogP) is 2.67. The summed E-state index contributed by atoms with van der Waals surface area (Å²) < 4.78 is 38.7. The summed E-state index contributed by atoms with van der Waals surface area (Å²) in [6.07, 6.45) is 0.289. The highest BCUT2D eigenvalue weighted by Gasteiger charge is 2.09. The number of carbonyl (C=O) groups excluding carboxylic acids is 1. The van der Waals surface area contributed by atoms with Gasteiger partial charge in [-0.2, -0.15) is 0 Å². The van der Waals surface area contributed by atoms with E-state index in [0.717, 1.165) is 5.56 Å². The Morgan fingerprint density at radius 3 is 2.38 bits per heavy atom. The minimum absolute atomic E-state index is 0.0800. The van der Waals surface area contributed by atoms with Crippen LogP contribution < -0.4 is 10.0 Å². The van der Waals surface area contributed by atoms with E-state index in [4.69, 9.17) is 0 Å². The van der Waals surface area contributed by atoms with Gasteiger partial charge in [-0.25, -0.2) is 17.5 Å². The van der Waals surface area contributed by atoms with Crippen LogP contribution in [0.5, 0.6) is 0 Å². The Morgan fingerprint density at radius 2 is 1.73 bits per heavy atom. The number of hydrogen-bond donors (Lipinski definition) is 2. The monoisotopic (exact) mass is 396 g/mol. The van der Waals surface area contributed by atoms with Gasteiger partial charge in [-0.15, -0.1) is 11.8 Å². The summed E-state index contributed by atoms with van der Waals surface area (Å²) in [5, 5.41) is 2.80. The molecule has 2 rings (SSSR count). The molecule has 0 fully saturated rings. The fourth-order valence-electron chi connectivity index (χ4n) is 2.15. The molecule has 0 heterocycles. The molecule has 0 saturated carbocycles. The van der Waals surface area contributed by atoms with E-state index < -0.39 is 10.0 Å². The Morgan fingerprint density at radius 1 is 1.08 bits per heavy atom. The van der Waals surface area contributed by atoms with Crippen LogP contribution in [0.25, 0.3) is 0 Å². The molecule has 0 atom stereocenters. The molecule has 0 aliphatic heterocycles. The maximum Gasteiger partial charge on any atom is 0.221 e. The van der Waals surface area contributed by atoms with Crippen molar-refractivity contribution in [1.82, 2.24) is 10.0 Å². The third-order valence-corrected chi connectivity index (χ3v) is 5.99. The van der Waals surface area contributed by atoms with Gasteiger partial charge in [-0.05, 0) is 30.3 Å². The number of amides is 1. The number of halogens is 1. The molecule has 2 aromatic carbocycles. The second kappa shape index (κ2) is 9.70. The van der Waals surface area contributed by atoms with Crippen molar-refractivity contribution in [2.75, 3.05) is 12.8 Å². The van der Waals surface area contributed by atoms with Crippen molar-refractivity contribution >= 4 is 27.7 Å². The first kappa shape index (κ1) is 20.4. The van der Waals surface area contributed by atoms with Crippen molar-refractivity contribution in [3.63, 3.8) is 0 Å². The highest BCUT2D eigenvalue weighted by Crippen LogP contribution is 2.21. The minimum Gasteiger partial charge on any atom is -0.352 e. The number of hydrogen-bond acceptors (Lipinski definition) is 4. The second-order valence-electron chi connectivity index (χ2n) is 5.59. The lowest BCUT2D eigenvalue weighted by atomic mass is 10.1. The Bertz CT molecular complexity index is 840. The lowest BCUT2D eigenvalue weighted by Crippen LogP contribution is -2.23. The number of rotatable bonds is 9. The van der Waals surface area contributed by atoms with Gasteiger partial charge in [0.25, 0.3) is 0 Å². The van der Waals surface area contributed by atoms with Crippen molar-refractivity contribution in [2.45, 2.75) is 23.6 Å². The Labute approximate surface area is 157 Å². The summed E-state index contributed by atoms with van der Waals surface area (Å²) >= 11 is 1.31. The molecule has 0 saturated heterocycles. The summed E-state index contributed by atoms with van der Waals surface area (Å²) in [6, 6.07) is 13.5. The van der Waals surface area contributed by atoms with E-state index in [2.05, 4.69) is 10.0 Å². The van der Waals surface area contributed by atoms with E-state index in [1.54, 1.807) is 42.5 Å². The molecule has 0 radical (unpaired) electrons. The molecule has 1 amide bonds. The molecule has 140 valence electrons. The molecule has 0 unspecified atom stereocenters. The normalized spacial score (nSPS) is 11.3. The fourth-order valence-corrected chi connectivity index (χ4v) is 3.81. The predicted molar refractivity (Wildman–Crippen MR) is 102 cm³/mol. The first-order chi connectivity index (χ1) is 12.4. The molecular formula is C18H21FN2O3S2. The molecule has 2 aromatic rings. The van der Waals surface area contributed by atoms with Crippen molar-refractivity contribution < 1.29 is 17.6 Å². The first-order valence-corrected chi connectivity index (χ1v) is 10.7. The largest absolute Gasteiger partial charge is 0.352 e. The lowest BCUT2D eigenvalue weighted by molar-refractivity contribution is -0.120. The average Bonchev–Trinajstić information content (AvgIpc) is 2.62. The number of benzene rings is 2. The van der Waals surface area contributed by atoms with Crippen LogP contribution in [0.1, 0.15) is 17.5 Å². The molecule has 0 aromatic heterocycles.